The predicted molar refractivity (Wildman–Crippen MR) is 95.4 cm³/mol. The summed E-state index contributed by atoms with van der Waals surface area (Å²) in [6.45, 7) is 1.43. The zero-order valence-corrected chi connectivity index (χ0v) is 15.4. The van der Waals surface area contributed by atoms with Crippen LogP contribution in [0.1, 0.15) is 31.2 Å². The van der Waals surface area contributed by atoms with Gasteiger partial charge in [-0.25, -0.2) is 8.42 Å². The number of nitrogens with one attached hydrogen (secondary N) is 1. The van der Waals surface area contributed by atoms with E-state index in [9.17, 15) is 13.2 Å². The summed E-state index contributed by atoms with van der Waals surface area (Å²) in [6, 6.07) is 6.59. The Labute approximate surface area is 149 Å². The van der Waals surface area contributed by atoms with Gasteiger partial charge in [-0.2, -0.15) is 4.31 Å². The van der Waals surface area contributed by atoms with Crippen molar-refractivity contribution in [1.29, 1.82) is 0 Å². The Morgan fingerprint density at radius 3 is 2.92 bits per heavy atom. The Morgan fingerprint density at radius 1 is 1.40 bits per heavy atom. The second-order valence-corrected chi connectivity index (χ2v) is 8.08. The largest absolute Gasteiger partial charge is 0.380 e. The lowest BCUT2D eigenvalue weighted by molar-refractivity contribution is -0.121. The van der Waals surface area contributed by atoms with Gasteiger partial charge in [-0.1, -0.05) is 18.6 Å². The van der Waals surface area contributed by atoms with Crippen LogP contribution in [0.4, 0.5) is 0 Å². The van der Waals surface area contributed by atoms with Crippen molar-refractivity contribution < 1.29 is 17.9 Å². The zero-order chi connectivity index (χ0) is 18.3. The number of hydrogen-bond donors (Lipinski definition) is 2. The molecule has 1 amide bonds. The molecule has 1 fully saturated rings. The molecule has 0 bridgehead atoms. The van der Waals surface area contributed by atoms with Gasteiger partial charge in [-0.05, 0) is 30.5 Å². The molecule has 7 nitrogen and oxygen atoms in total. The lowest BCUT2D eigenvalue weighted by atomic mass is 10.1. The number of rotatable bonds is 8. The molecular weight excluding hydrogens is 342 g/mol. The zero-order valence-electron chi connectivity index (χ0n) is 14.6. The van der Waals surface area contributed by atoms with E-state index < -0.39 is 10.0 Å². The first-order valence-electron chi connectivity index (χ1n) is 8.55. The third-order valence-electron chi connectivity index (χ3n) is 4.30. The SMILES string of the molecule is COCc1cccc(S(=O)(=O)N2CCCCC2CNC(=O)CCN)c1. The first-order valence-corrected chi connectivity index (χ1v) is 9.99. The van der Waals surface area contributed by atoms with Crippen LogP contribution in [0, 0.1) is 0 Å². The van der Waals surface area contributed by atoms with Crippen molar-refractivity contribution in [3.05, 3.63) is 29.8 Å². The van der Waals surface area contributed by atoms with Crippen molar-refractivity contribution in [2.45, 2.75) is 43.2 Å². The number of amides is 1. The Morgan fingerprint density at radius 2 is 2.20 bits per heavy atom. The summed E-state index contributed by atoms with van der Waals surface area (Å²) in [7, 11) is -2.04. The van der Waals surface area contributed by atoms with E-state index >= 15 is 0 Å². The topological polar surface area (TPSA) is 102 Å². The molecule has 25 heavy (non-hydrogen) atoms. The Kier molecular flexibility index (Phi) is 7.37. The standard InChI is InChI=1S/C17H27N3O4S/c1-24-13-14-5-4-7-16(11-14)25(22,23)20-10-3-2-6-15(20)12-19-17(21)8-9-18/h4-5,7,11,15H,2-3,6,8-10,12-13,18H2,1H3,(H,19,21). The maximum atomic E-state index is 13.1. The van der Waals surface area contributed by atoms with Crippen molar-refractivity contribution in [2.75, 3.05) is 26.7 Å². The summed E-state index contributed by atoms with van der Waals surface area (Å²) in [5.41, 5.74) is 6.19. The number of nitrogens with two attached hydrogens (primary N) is 1. The molecule has 0 aliphatic carbocycles. The number of piperidine rings is 1. The quantitative estimate of drug-likeness (QED) is 0.707. The minimum Gasteiger partial charge on any atom is -0.380 e. The molecule has 1 atom stereocenters. The van der Waals surface area contributed by atoms with E-state index in [0.717, 1.165) is 24.8 Å². The average Bonchev–Trinajstić information content (AvgIpc) is 2.61. The lowest BCUT2D eigenvalue weighted by Gasteiger charge is -2.34. The summed E-state index contributed by atoms with van der Waals surface area (Å²) in [5, 5.41) is 2.79. The molecule has 1 saturated heterocycles. The number of benzene rings is 1. The highest BCUT2D eigenvalue weighted by atomic mass is 32.2. The molecule has 1 aliphatic rings. The summed E-state index contributed by atoms with van der Waals surface area (Å²) in [6.07, 6.45) is 2.76. The van der Waals surface area contributed by atoms with Crippen molar-refractivity contribution in [2.24, 2.45) is 5.73 Å². The maximum Gasteiger partial charge on any atom is 0.243 e. The first-order chi connectivity index (χ1) is 12.0. The van der Waals surface area contributed by atoms with E-state index in [4.69, 9.17) is 10.5 Å². The van der Waals surface area contributed by atoms with Crippen LogP contribution in [0.25, 0.3) is 0 Å². The smallest absolute Gasteiger partial charge is 0.243 e. The molecule has 1 aliphatic heterocycles. The highest BCUT2D eigenvalue weighted by molar-refractivity contribution is 7.89. The summed E-state index contributed by atoms with van der Waals surface area (Å²) < 4.78 is 32.8. The Bertz CT molecular complexity index is 678. The lowest BCUT2D eigenvalue weighted by Crippen LogP contribution is -2.49. The van der Waals surface area contributed by atoms with E-state index in [-0.39, 0.29) is 29.8 Å². The van der Waals surface area contributed by atoms with Crippen molar-refractivity contribution in [3.63, 3.8) is 0 Å². The molecule has 1 aromatic carbocycles. The molecule has 2 rings (SSSR count). The molecule has 8 heteroatoms. The van der Waals surface area contributed by atoms with Gasteiger partial charge in [0.25, 0.3) is 0 Å². The van der Waals surface area contributed by atoms with Crippen molar-refractivity contribution >= 4 is 15.9 Å². The third kappa shape index (κ3) is 5.24. The van der Waals surface area contributed by atoms with Gasteiger partial charge in [0.2, 0.25) is 15.9 Å². The first kappa shape index (κ1) is 19.8. The Balaban J connectivity index is 2.16. The predicted octanol–water partition coefficient (Wildman–Crippen LogP) is 0.841. The fraction of sp³-hybridized carbons (Fsp3) is 0.588. The van der Waals surface area contributed by atoms with Crippen LogP contribution in [0.15, 0.2) is 29.2 Å². The molecule has 0 aromatic heterocycles. The van der Waals surface area contributed by atoms with E-state index in [0.29, 0.717) is 19.7 Å². The van der Waals surface area contributed by atoms with Crippen LogP contribution in [0.3, 0.4) is 0 Å². The molecule has 0 spiro atoms. The minimum atomic E-state index is -3.61. The van der Waals surface area contributed by atoms with Gasteiger partial charge in [0.1, 0.15) is 0 Å². The summed E-state index contributed by atoms with van der Waals surface area (Å²) in [5.74, 6) is -0.146. The van der Waals surface area contributed by atoms with Crippen LogP contribution < -0.4 is 11.1 Å². The fourth-order valence-electron chi connectivity index (χ4n) is 3.04. The van der Waals surface area contributed by atoms with Crippen LogP contribution in [0.2, 0.25) is 0 Å². The molecular formula is C17H27N3O4S. The second-order valence-electron chi connectivity index (χ2n) is 6.19. The van der Waals surface area contributed by atoms with Gasteiger partial charge in [0.05, 0.1) is 11.5 Å². The number of sulfonamides is 1. The van der Waals surface area contributed by atoms with E-state index in [1.807, 2.05) is 6.07 Å². The molecule has 1 aromatic rings. The number of carbonyl (C=O) groups excluding carboxylic acids is 1. The highest BCUT2D eigenvalue weighted by Crippen LogP contribution is 2.25. The van der Waals surface area contributed by atoms with Gasteiger partial charge in [-0.3, -0.25) is 4.79 Å². The molecule has 0 radical (unpaired) electrons. The van der Waals surface area contributed by atoms with Crippen LogP contribution >= 0.6 is 0 Å². The Hall–Kier alpha value is -1.48. The van der Waals surface area contributed by atoms with Crippen LogP contribution in [-0.2, 0) is 26.2 Å². The maximum absolute atomic E-state index is 13.1. The van der Waals surface area contributed by atoms with Crippen LogP contribution in [0.5, 0.6) is 0 Å². The normalized spacial score (nSPS) is 18.9. The average molecular weight is 369 g/mol. The van der Waals surface area contributed by atoms with Gasteiger partial charge >= 0.3 is 0 Å². The second kappa shape index (κ2) is 9.28. The fourth-order valence-corrected chi connectivity index (χ4v) is 4.81. The minimum absolute atomic E-state index is 0.146. The van der Waals surface area contributed by atoms with Gasteiger partial charge in [0, 0.05) is 39.2 Å². The molecule has 0 saturated carbocycles. The molecule has 1 unspecified atom stereocenters. The number of methoxy groups -OCH3 is 1. The number of hydrogen-bond acceptors (Lipinski definition) is 5. The molecule has 1 heterocycles. The van der Waals surface area contributed by atoms with Gasteiger partial charge in [0.15, 0.2) is 0 Å². The molecule has 3 N–H and O–H groups in total. The number of ether oxygens (including phenoxy) is 1. The van der Waals surface area contributed by atoms with E-state index in [2.05, 4.69) is 5.32 Å². The van der Waals surface area contributed by atoms with Gasteiger partial charge in [-0.15, -0.1) is 0 Å². The highest BCUT2D eigenvalue weighted by Gasteiger charge is 2.33. The van der Waals surface area contributed by atoms with Crippen molar-refractivity contribution in [1.82, 2.24) is 9.62 Å². The van der Waals surface area contributed by atoms with Crippen molar-refractivity contribution in [3.8, 4) is 0 Å². The molecule has 140 valence electrons. The monoisotopic (exact) mass is 369 g/mol. The number of carbonyl (C=O) groups is 1. The summed E-state index contributed by atoms with van der Waals surface area (Å²) in [4.78, 5) is 11.9. The third-order valence-corrected chi connectivity index (χ3v) is 6.24. The van der Waals surface area contributed by atoms with E-state index in [1.165, 1.54) is 4.31 Å². The number of nitrogens with zero attached hydrogens (tertiary/aromatic N) is 1. The van der Waals surface area contributed by atoms with E-state index in [1.54, 1.807) is 25.3 Å². The van der Waals surface area contributed by atoms with Gasteiger partial charge < -0.3 is 15.8 Å². The summed E-state index contributed by atoms with van der Waals surface area (Å²) >= 11 is 0. The van der Waals surface area contributed by atoms with Crippen LogP contribution in [-0.4, -0.2) is 51.4 Å².